The third-order valence-electron chi connectivity index (χ3n) is 2.56. The molecule has 110 valence electrons. The normalized spacial score (nSPS) is 10.2. The first-order valence-corrected chi connectivity index (χ1v) is 7.90. The molecule has 21 heavy (non-hydrogen) atoms. The topological polar surface area (TPSA) is 91.3 Å². The van der Waals surface area contributed by atoms with Crippen molar-refractivity contribution in [3.05, 3.63) is 43.4 Å². The Labute approximate surface area is 138 Å². The fraction of sp³-hybridized carbons (Fsp3) is 0.154. The molecule has 2 rings (SSSR count). The number of nitrogens with one attached hydrogen (secondary N) is 2. The van der Waals surface area contributed by atoms with Crippen LogP contribution < -0.4 is 10.6 Å². The van der Waals surface area contributed by atoms with E-state index in [1.807, 2.05) is 34.9 Å². The summed E-state index contributed by atoms with van der Waals surface area (Å²) in [6.45, 7) is 2.18. The third-order valence-corrected chi connectivity index (χ3v) is 4.05. The number of amides is 2. The number of carboxylic acids is 1. The van der Waals surface area contributed by atoms with Crippen molar-refractivity contribution in [2.75, 3.05) is 5.32 Å². The number of anilines is 1. The Kier molecular flexibility index (Phi) is 5.12. The molecule has 0 saturated heterocycles. The van der Waals surface area contributed by atoms with Crippen LogP contribution in [0.4, 0.5) is 10.5 Å². The summed E-state index contributed by atoms with van der Waals surface area (Å²) < 4.78 is 0.786. The van der Waals surface area contributed by atoms with E-state index in [1.165, 1.54) is 17.4 Å². The van der Waals surface area contributed by atoms with E-state index in [-0.39, 0.29) is 11.3 Å². The van der Waals surface area contributed by atoms with Gasteiger partial charge in [0.2, 0.25) is 0 Å². The third kappa shape index (κ3) is 4.39. The van der Waals surface area contributed by atoms with Crippen molar-refractivity contribution in [3.8, 4) is 0 Å². The number of hydrogen-bond donors (Lipinski definition) is 3. The van der Waals surface area contributed by atoms with Gasteiger partial charge >= 0.3 is 12.0 Å². The highest BCUT2D eigenvalue weighted by atomic mass is 127. The second-order valence-electron chi connectivity index (χ2n) is 4.16. The Balaban J connectivity index is 2.01. The zero-order chi connectivity index (χ0) is 15.4. The van der Waals surface area contributed by atoms with Crippen LogP contribution in [0.2, 0.25) is 0 Å². The lowest BCUT2D eigenvalue weighted by atomic mass is 10.2. The minimum atomic E-state index is -1.08. The Morgan fingerprint density at radius 1 is 1.43 bits per heavy atom. The Morgan fingerprint density at radius 3 is 2.81 bits per heavy atom. The predicted octanol–water partition coefficient (Wildman–Crippen LogP) is 3.08. The molecule has 1 aromatic heterocycles. The smallest absolute Gasteiger partial charge is 0.337 e. The molecule has 0 saturated carbocycles. The summed E-state index contributed by atoms with van der Waals surface area (Å²) in [5.41, 5.74) is 1.09. The number of nitrogens with zero attached hydrogens (tertiary/aromatic N) is 1. The molecular formula is C13H12IN3O3S. The van der Waals surface area contributed by atoms with Crippen molar-refractivity contribution in [3.63, 3.8) is 0 Å². The maximum atomic E-state index is 11.8. The molecule has 6 nitrogen and oxygen atoms in total. The molecule has 0 radical (unpaired) electrons. The summed E-state index contributed by atoms with van der Waals surface area (Å²) >= 11 is 3.52. The van der Waals surface area contributed by atoms with Crippen molar-refractivity contribution in [1.29, 1.82) is 0 Å². The van der Waals surface area contributed by atoms with E-state index in [0.29, 0.717) is 6.54 Å². The van der Waals surface area contributed by atoms with Crippen LogP contribution in [0.15, 0.2) is 23.6 Å². The first-order valence-electron chi connectivity index (χ1n) is 5.94. The number of benzene rings is 1. The van der Waals surface area contributed by atoms with Crippen molar-refractivity contribution < 1.29 is 14.7 Å². The number of urea groups is 1. The first kappa shape index (κ1) is 15.7. The SMILES string of the molecule is Cc1nc(CNC(=O)Nc2ccc(I)cc2C(=O)O)cs1. The van der Waals surface area contributed by atoms with Crippen molar-refractivity contribution >= 4 is 51.6 Å². The summed E-state index contributed by atoms with van der Waals surface area (Å²) in [7, 11) is 0. The number of aromatic carboxylic acids is 1. The van der Waals surface area contributed by atoms with Gasteiger partial charge in [-0.2, -0.15) is 0 Å². The molecule has 0 aliphatic carbocycles. The summed E-state index contributed by atoms with van der Waals surface area (Å²) in [6.07, 6.45) is 0. The molecule has 3 N–H and O–H groups in total. The number of carbonyl (C=O) groups excluding carboxylic acids is 1. The van der Waals surface area contributed by atoms with Gasteiger partial charge in [-0.1, -0.05) is 0 Å². The van der Waals surface area contributed by atoms with Crippen LogP contribution in [0.1, 0.15) is 21.1 Å². The molecule has 1 aromatic carbocycles. The molecule has 0 aliphatic heterocycles. The van der Waals surface area contributed by atoms with Crippen molar-refractivity contribution in [2.45, 2.75) is 13.5 Å². The fourth-order valence-electron chi connectivity index (χ4n) is 1.63. The van der Waals surface area contributed by atoms with Gasteiger partial charge in [0.1, 0.15) is 0 Å². The fourth-order valence-corrected chi connectivity index (χ4v) is 2.73. The highest BCUT2D eigenvalue weighted by Gasteiger charge is 2.13. The zero-order valence-electron chi connectivity index (χ0n) is 11.0. The van der Waals surface area contributed by atoms with Crippen LogP contribution in [-0.2, 0) is 6.54 Å². The zero-order valence-corrected chi connectivity index (χ0v) is 14.0. The van der Waals surface area contributed by atoms with E-state index in [2.05, 4.69) is 15.6 Å². The second kappa shape index (κ2) is 6.85. The average Bonchev–Trinajstić information content (AvgIpc) is 2.84. The number of carbonyl (C=O) groups is 2. The van der Waals surface area contributed by atoms with Gasteiger partial charge < -0.3 is 15.7 Å². The largest absolute Gasteiger partial charge is 0.478 e. The van der Waals surface area contributed by atoms with Crippen molar-refractivity contribution in [1.82, 2.24) is 10.3 Å². The van der Waals surface area contributed by atoms with Crippen LogP contribution in [0.5, 0.6) is 0 Å². The van der Waals surface area contributed by atoms with E-state index in [1.54, 1.807) is 12.1 Å². The minimum Gasteiger partial charge on any atom is -0.478 e. The summed E-state index contributed by atoms with van der Waals surface area (Å²) in [4.78, 5) is 27.2. The highest BCUT2D eigenvalue weighted by Crippen LogP contribution is 2.19. The van der Waals surface area contributed by atoms with E-state index in [0.717, 1.165) is 14.3 Å². The molecular weight excluding hydrogens is 405 g/mol. The Morgan fingerprint density at radius 2 is 2.19 bits per heavy atom. The maximum absolute atomic E-state index is 11.8. The molecule has 0 atom stereocenters. The lowest BCUT2D eigenvalue weighted by molar-refractivity contribution is 0.0698. The van der Waals surface area contributed by atoms with Crippen LogP contribution in [0.3, 0.4) is 0 Å². The number of hydrogen-bond acceptors (Lipinski definition) is 4. The number of carboxylic acid groups (broad SMARTS) is 1. The van der Waals surface area contributed by atoms with Gasteiger partial charge in [0.15, 0.2) is 0 Å². The van der Waals surface area contributed by atoms with Gasteiger partial charge in [-0.3, -0.25) is 0 Å². The summed E-state index contributed by atoms with van der Waals surface area (Å²) in [5, 5.41) is 17.1. The number of aryl methyl sites for hydroxylation is 1. The summed E-state index contributed by atoms with van der Waals surface area (Å²) in [6, 6.07) is 4.33. The number of rotatable bonds is 4. The first-order chi connectivity index (χ1) is 9.95. The standard InChI is InChI=1S/C13H12IN3O3S/c1-7-16-9(6-21-7)5-15-13(20)17-11-3-2-8(14)4-10(11)12(18)19/h2-4,6H,5H2,1H3,(H,18,19)(H2,15,17,20). The maximum Gasteiger partial charge on any atom is 0.337 e. The van der Waals surface area contributed by atoms with Gasteiger partial charge in [0, 0.05) is 8.95 Å². The van der Waals surface area contributed by atoms with Gasteiger partial charge in [-0.05, 0) is 47.7 Å². The average molecular weight is 417 g/mol. The van der Waals surface area contributed by atoms with Gasteiger partial charge in [0.25, 0.3) is 0 Å². The molecule has 0 unspecified atom stereocenters. The molecule has 2 aromatic rings. The Hall–Kier alpha value is -1.68. The highest BCUT2D eigenvalue weighted by molar-refractivity contribution is 14.1. The predicted molar refractivity (Wildman–Crippen MR) is 88.8 cm³/mol. The molecule has 0 aliphatic rings. The van der Waals surface area contributed by atoms with Crippen LogP contribution in [0.25, 0.3) is 0 Å². The van der Waals surface area contributed by atoms with Gasteiger partial charge in [-0.25, -0.2) is 14.6 Å². The van der Waals surface area contributed by atoms with Gasteiger partial charge in [-0.15, -0.1) is 11.3 Å². The van der Waals surface area contributed by atoms with Crippen LogP contribution in [-0.4, -0.2) is 22.1 Å². The minimum absolute atomic E-state index is 0.0570. The molecule has 2 amide bonds. The molecule has 0 bridgehead atoms. The number of thiazole rings is 1. The quantitative estimate of drug-likeness (QED) is 0.667. The monoisotopic (exact) mass is 417 g/mol. The van der Waals surface area contributed by atoms with E-state index in [9.17, 15) is 9.59 Å². The number of halogens is 1. The van der Waals surface area contributed by atoms with Crippen LogP contribution in [0, 0.1) is 10.5 Å². The lowest BCUT2D eigenvalue weighted by Gasteiger charge is -2.09. The van der Waals surface area contributed by atoms with Crippen LogP contribution >= 0.6 is 33.9 Å². The van der Waals surface area contributed by atoms with Gasteiger partial charge in [0.05, 0.1) is 28.5 Å². The molecule has 0 fully saturated rings. The molecule has 8 heteroatoms. The van der Waals surface area contributed by atoms with Crippen molar-refractivity contribution in [2.24, 2.45) is 0 Å². The Bertz CT molecular complexity index is 687. The molecule has 1 heterocycles. The number of aromatic nitrogens is 1. The van der Waals surface area contributed by atoms with E-state index >= 15 is 0 Å². The summed E-state index contributed by atoms with van der Waals surface area (Å²) in [5.74, 6) is -1.08. The lowest BCUT2D eigenvalue weighted by Crippen LogP contribution is -2.29. The van der Waals surface area contributed by atoms with E-state index in [4.69, 9.17) is 5.11 Å². The molecule has 0 spiro atoms. The second-order valence-corrected chi connectivity index (χ2v) is 6.47. The van der Waals surface area contributed by atoms with E-state index < -0.39 is 12.0 Å².